The van der Waals surface area contributed by atoms with E-state index in [1.54, 1.807) is 6.07 Å². The SMILES string of the molecule is Fc1cccc(Br)c1NC1CCCCCC1. The number of para-hydroxylation sites is 1. The minimum Gasteiger partial charge on any atom is -0.379 e. The Kier molecular flexibility index (Phi) is 4.22. The first kappa shape index (κ1) is 11.9. The van der Waals surface area contributed by atoms with E-state index in [0.717, 1.165) is 17.3 Å². The summed E-state index contributed by atoms with van der Waals surface area (Å²) >= 11 is 3.39. The van der Waals surface area contributed by atoms with Gasteiger partial charge in [-0.05, 0) is 40.9 Å². The summed E-state index contributed by atoms with van der Waals surface area (Å²) in [6, 6.07) is 5.53. The quantitative estimate of drug-likeness (QED) is 0.775. The van der Waals surface area contributed by atoms with Crippen molar-refractivity contribution in [1.29, 1.82) is 0 Å². The second-order valence-corrected chi connectivity index (χ2v) is 5.28. The van der Waals surface area contributed by atoms with Crippen molar-refractivity contribution in [3.8, 4) is 0 Å². The number of hydrogen-bond acceptors (Lipinski definition) is 1. The number of rotatable bonds is 2. The normalized spacial score (nSPS) is 18.1. The molecular formula is C13H17BrFN. The second-order valence-electron chi connectivity index (χ2n) is 4.43. The van der Waals surface area contributed by atoms with Gasteiger partial charge in [-0.2, -0.15) is 0 Å². The van der Waals surface area contributed by atoms with E-state index in [9.17, 15) is 4.39 Å². The lowest BCUT2D eigenvalue weighted by Crippen LogP contribution is -2.19. The summed E-state index contributed by atoms with van der Waals surface area (Å²) < 4.78 is 14.4. The molecule has 0 atom stereocenters. The Morgan fingerprint density at radius 2 is 1.81 bits per heavy atom. The Balaban J connectivity index is 2.07. The van der Waals surface area contributed by atoms with Crippen LogP contribution in [0.4, 0.5) is 10.1 Å². The van der Waals surface area contributed by atoms with Gasteiger partial charge in [-0.1, -0.05) is 31.7 Å². The van der Waals surface area contributed by atoms with Gasteiger partial charge in [-0.15, -0.1) is 0 Å². The third-order valence-electron chi connectivity index (χ3n) is 3.17. The number of nitrogens with one attached hydrogen (secondary N) is 1. The van der Waals surface area contributed by atoms with Gasteiger partial charge in [0.05, 0.1) is 5.69 Å². The summed E-state index contributed by atoms with van der Waals surface area (Å²) in [5.74, 6) is -0.168. The van der Waals surface area contributed by atoms with Crippen molar-refractivity contribution in [3.05, 3.63) is 28.5 Å². The van der Waals surface area contributed by atoms with Crippen molar-refractivity contribution in [3.63, 3.8) is 0 Å². The molecule has 0 aliphatic heterocycles. The fraction of sp³-hybridized carbons (Fsp3) is 0.538. The van der Waals surface area contributed by atoms with Gasteiger partial charge in [0.1, 0.15) is 5.82 Å². The molecule has 1 aliphatic carbocycles. The van der Waals surface area contributed by atoms with Crippen LogP contribution in [0.5, 0.6) is 0 Å². The van der Waals surface area contributed by atoms with Crippen LogP contribution < -0.4 is 5.32 Å². The molecule has 0 radical (unpaired) electrons. The summed E-state index contributed by atoms with van der Waals surface area (Å²) in [6.07, 6.45) is 7.45. The van der Waals surface area contributed by atoms with Crippen LogP contribution in [-0.2, 0) is 0 Å². The third kappa shape index (κ3) is 2.97. The summed E-state index contributed by atoms with van der Waals surface area (Å²) in [4.78, 5) is 0. The van der Waals surface area contributed by atoms with E-state index in [4.69, 9.17) is 0 Å². The van der Waals surface area contributed by atoms with Gasteiger partial charge >= 0.3 is 0 Å². The zero-order valence-electron chi connectivity index (χ0n) is 9.31. The highest BCUT2D eigenvalue weighted by Crippen LogP contribution is 2.28. The summed E-state index contributed by atoms with van der Waals surface area (Å²) in [7, 11) is 0. The van der Waals surface area contributed by atoms with Crippen LogP contribution in [0, 0.1) is 5.82 Å². The smallest absolute Gasteiger partial charge is 0.147 e. The zero-order chi connectivity index (χ0) is 11.4. The number of halogens is 2. The molecule has 0 bridgehead atoms. The first-order valence-corrected chi connectivity index (χ1v) is 6.77. The first-order chi connectivity index (χ1) is 7.77. The van der Waals surface area contributed by atoms with E-state index in [1.807, 2.05) is 6.07 Å². The molecule has 3 heteroatoms. The molecular weight excluding hydrogens is 269 g/mol. The lowest BCUT2D eigenvalue weighted by Gasteiger charge is -2.19. The lowest BCUT2D eigenvalue weighted by atomic mass is 10.1. The van der Waals surface area contributed by atoms with E-state index >= 15 is 0 Å². The molecule has 1 nitrogen and oxygen atoms in total. The van der Waals surface area contributed by atoms with Crippen LogP contribution in [0.25, 0.3) is 0 Å². The van der Waals surface area contributed by atoms with Crippen LogP contribution >= 0.6 is 15.9 Å². The maximum Gasteiger partial charge on any atom is 0.147 e. The van der Waals surface area contributed by atoms with Gasteiger partial charge < -0.3 is 5.32 Å². The standard InChI is InChI=1S/C13H17BrFN/c14-11-8-5-9-12(15)13(11)16-10-6-3-1-2-4-7-10/h5,8-10,16H,1-4,6-7H2. The van der Waals surface area contributed by atoms with Crippen molar-refractivity contribution >= 4 is 21.6 Å². The molecule has 1 N–H and O–H groups in total. The maximum absolute atomic E-state index is 13.6. The van der Waals surface area contributed by atoms with Gasteiger partial charge in [-0.3, -0.25) is 0 Å². The van der Waals surface area contributed by atoms with Gasteiger partial charge in [0.2, 0.25) is 0 Å². The molecule has 16 heavy (non-hydrogen) atoms. The lowest BCUT2D eigenvalue weighted by molar-refractivity contribution is 0.596. The fourth-order valence-corrected chi connectivity index (χ4v) is 2.72. The molecule has 1 aromatic rings. The van der Waals surface area contributed by atoms with E-state index in [1.165, 1.54) is 31.7 Å². The Bertz CT molecular complexity index is 326. The van der Waals surface area contributed by atoms with Crippen molar-refractivity contribution in [2.45, 2.75) is 44.6 Å². The van der Waals surface area contributed by atoms with Gasteiger partial charge in [0.15, 0.2) is 0 Å². The van der Waals surface area contributed by atoms with Crippen molar-refractivity contribution in [1.82, 2.24) is 0 Å². The highest BCUT2D eigenvalue weighted by molar-refractivity contribution is 9.10. The Morgan fingerprint density at radius 3 is 2.44 bits per heavy atom. The minimum absolute atomic E-state index is 0.168. The van der Waals surface area contributed by atoms with Gasteiger partial charge in [-0.25, -0.2) is 4.39 Å². The number of benzene rings is 1. The van der Waals surface area contributed by atoms with Crippen LogP contribution in [-0.4, -0.2) is 6.04 Å². The van der Waals surface area contributed by atoms with E-state index < -0.39 is 0 Å². The van der Waals surface area contributed by atoms with E-state index in [2.05, 4.69) is 21.2 Å². The predicted octanol–water partition coefficient (Wildman–Crippen LogP) is 4.72. The van der Waals surface area contributed by atoms with Crippen molar-refractivity contribution in [2.75, 3.05) is 5.32 Å². The largest absolute Gasteiger partial charge is 0.379 e. The molecule has 0 amide bonds. The molecule has 1 aliphatic rings. The van der Waals surface area contributed by atoms with E-state index in [-0.39, 0.29) is 5.82 Å². The zero-order valence-corrected chi connectivity index (χ0v) is 10.9. The summed E-state index contributed by atoms with van der Waals surface area (Å²) in [5.41, 5.74) is 0.620. The second kappa shape index (κ2) is 5.67. The monoisotopic (exact) mass is 285 g/mol. The molecule has 0 heterocycles. The van der Waals surface area contributed by atoms with Crippen molar-refractivity contribution in [2.24, 2.45) is 0 Å². The van der Waals surface area contributed by atoms with Gasteiger partial charge in [0.25, 0.3) is 0 Å². The molecule has 88 valence electrons. The molecule has 0 spiro atoms. The summed E-state index contributed by atoms with van der Waals surface area (Å²) in [5, 5.41) is 3.34. The molecule has 0 saturated heterocycles. The van der Waals surface area contributed by atoms with Crippen LogP contribution in [0.3, 0.4) is 0 Å². The highest BCUT2D eigenvalue weighted by atomic mass is 79.9. The Morgan fingerprint density at radius 1 is 1.12 bits per heavy atom. The fourth-order valence-electron chi connectivity index (χ4n) is 2.26. The Labute approximate surface area is 105 Å². The number of hydrogen-bond donors (Lipinski definition) is 1. The van der Waals surface area contributed by atoms with Crippen LogP contribution in [0.15, 0.2) is 22.7 Å². The average molecular weight is 286 g/mol. The molecule has 2 rings (SSSR count). The van der Waals surface area contributed by atoms with Crippen LogP contribution in [0.1, 0.15) is 38.5 Å². The van der Waals surface area contributed by atoms with E-state index in [0.29, 0.717) is 11.7 Å². The highest BCUT2D eigenvalue weighted by Gasteiger charge is 2.15. The van der Waals surface area contributed by atoms with Crippen molar-refractivity contribution < 1.29 is 4.39 Å². The third-order valence-corrected chi connectivity index (χ3v) is 3.83. The predicted molar refractivity (Wildman–Crippen MR) is 69.2 cm³/mol. The maximum atomic E-state index is 13.6. The first-order valence-electron chi connectivity index (χ1n) is 5.98. The number of anilines is 1. The minimum atomic E-state index is -0.168. The Hall–Kier alpha value is -0.570. The average Bonchev–Trinajstić information content (AvgIpc) is 2.52. The molecule has 0 aromatic heterocycles. The summed E-state index contributed by atoms with van der Waals surface area (Å²) in [6.45, 7) is 0. The topological polar surface area (TPSA) is 12.0 Å². The molecule has 1 aromatic carbocycles. The molecule has 0 unspecified atom stereocenters. The van der Waals surface area contributed by atoms with Gasteiger partial charge in [0, 0.05) is 10.5 Å². The van der Waals surface area contributed by atoms with Crippen LogP contribution in [0.2, 0.25) is 0 Å². The molecule has 1 fully saturated rings. The molecule has 1 saturated carbocycles.